The van der Waals surface area contributed by atoms with Crippen molar-refractivity contribution >= 4 is 17.3 Å². The molecule has 0 fully saturated rings. The number of aliphatic carboxylic acids is 1. The van der Waals surface area contributed by atoms with Crippen LogP contribution < -0.4 is 10.2 Å². The first-order valence-corrected chi connectivity index (χ1v) is 9.89. The van der Waals surface area contributed by atoms with Gasteiger partial charge in [0.2, 0.25) is 0 Å². The van der Waals surface area contributed by atoms with Gasteiger partial charge in [-0.2, -0.15) is 13.2 Å². The topological polar surface area (TPSA) is 52.6 Å². The predicted molar refractivity (Wildman–Crippen MR) is 107 cm³/mol. The van der Waals surface area contributed by atoms with E-state index < -0.39 is 24.4 Å². The highest BCUT2D eigenvalue weighted by molar-refractivity contribution is 5.67. The Bertz CT molecular complexity index is 899. The highest BCUT2D eigenvalue weighted by Crippen LogP contribution is 2.30. The molecule has 30 heavy (non-hydrogen) atoms. The van der Waals surface area contributed by atoms with Gasteiger partial charge in [-0.25, -0.2) is 4.39 Å². The quantitative estimate of drug-likeness (QED) is 0.575. The molecule has 0 aliphatic carbocycles. The van der Waals surface area contributed by atoms with Crippen molar-refractivity contribution in [2.45, 2.75) is 44.8 Å². The minimum absolute atomic E-state index is 0.0591. The number of anilines is 2. The van der Waals surface area contributed by atoms with Crippen LogP contribution in [0.25, 0.3) is 0 Å². The minimum atomic E-state index is -4.18. The van der Waals surface area contributed by atoms with Gasteiger partial charge in [-0.05, 0) is 54.2 Å². The zero-order valence-corrected chi connectivity index (χ0v) is 16.4. The molecule has 0 aromatic heterocycles. The lowest BCUT2D eigenvalue weighted by molar-refractivity contribution is -0.137. The molecule has 0 radical (unpaired) electrons. The largest absolute Gasteiger partial charge is 0.481 e. The van der Waals surface area contributed by atoms with Gasteiger partial charge in [0.05, 0.1) is 6.42 Å². The molecular weight excluding hydrogens is 400 g/mol. The molecule has 2 aromatic rings. The van der Waals surface area contributed by atoms with E-state index in [4.69, 9.17) is 5.11 Å². The number of aryl methyl sites for hydroxylation is 2. The summed E-state index contributed by atoms with van der Waals surface area (Å²) in [5.41, 5.74) is 3.67. The summed E-state index contributed by atoms with van der Waals surface area (Å²) in [5.74, 6) is -1.45. The first-order valence-electron chi connectivity index (χ1n) is 9.89. The van der Waals surface area contributed by atoms with E-state index in [9.17, 15) is 22.4 Å². The molecule has 162 valence electrons. The summed E-state index contributed by atoms with van der Waals surface area (Å²) in [7, 11) is 0. The molecule has 1 heterocycles. The first-order chi connectivity index (χ1) is 14.2. The van der Waals surface area contributed by atoms with E-state index in [1.54, 1.807) is 17.0 Å². The smallest absolute Gasteiger partial charge is 0.390 e. The fourth-order valence-corrected chi connectivity index (χ4v) is 3.61. The van der Waals surface area contributed by atoms with Crippen LogP contribution >= 0.6 is 0 Å². The van der Waals surface area contributed by atoms with Gasteiger partial charge >= 0.3 is 12.1 Å². The van der Waals surface area contributed by atoms with E-state index in [2.05, 4.69) is 5.32 Å². The summed E-state index contributed by atoms with van der Waals surface area (Å²) in [6, 6.07) is 10.3. The molecule has 0 amide bonds. The third-order valence-electron chi connectivity index (χ3n) is 5.19. The Morgan fingerprint density at radius 1 is 1.17 bits per heavy atom. The third-order valence-corrected chi connectivity index (χ3v) is 5.19. The van der Waals surface area contributed by atoms with Gasteiger partial charge < -0.3 is 15.3 Å². The molecule has 0 atom stereocenters. The second kappa shape index (κ2) is 9.36. The highest BCUT2D eigenvalue weighted by Gasteiger charge is 2.29. The van der Waals surface area contributed by atoms with Crippen LogP contribution in [-0.4, -0.2) is 30.3 Å². The van der Waals surface area contributed by atoms with Crippen LogP contribution in [0.15, 0.2) is 36.4 Å². The zero-order chi connectivity index (χ0) is 21.7. The van der Waals surface area contributed by atoms with E-state index in [-0.39, 0.29) is 19.4 Å². The molecule has 3 rings (SSSR count). The molecule has 8 heteroatoms. The van der Waals surface area contributed by atoms with Crippen LogP contribution in [0.3, 0.4) is 0 Å². The summed E-state index contributed by atoms with van der Waals surface area (Å²) in [4.78, 5) is 12.4. The number of alkyl halides is 3. The Morgan fingerprint density at radius 3 is 2.67 bits per heavy atom. The lowest BCUT2D eigenvalue weighted by Gasteiger charge is -2.32. The molecule has 2 aromatic carbocycles. The van der Waals surface area contributed by atoms with Crippen molar-refractivity contribution in [2.24, 2.45) is 0 Å². The lowest BCUT2D eigenvalue weighted by atomic mass is 9.99. The first kappa shape index (κ1) is 21.9. The number of halogens is 4. The molecule has 0 spiro atoms. The summed E-state index contributed by atoms with van der Waals surface area (Å²) in [6.45, 7) is 0.938. The van der Waals surface area contributed by atoms with Crippen molar-refractivity contribution in [1.82, 2.24) is 0 Å². The molecule has 0 bridgehead atoms. The number of hydrogen-bond donors (Lipinski definition) is 2. The van der Waals surface area contributed by atoms with Crippen LogP contribution in [0, 0.1) is 5.82 Å². The van der Waals surface area contributed by atoms with Gasteiger partial charge in [0.15, 0.2) is 0 Å². The highest BCUT2D eigenvalue weighted by atomic mass is 19.4. The third kappa shape index (κ3) is 6.11. The molecule has 2 N–H and O–H groups in total. The van der Waals surface area contributed by atoms with Crippen molar-refractivity contribution in [1.29, 1.82) is 0 Å². The number of carboxylic acids is 1. The average Bonchev–Trinajstić information content (AvgIpc) is 2.69. The van der Waals surface area contributed by atoms with E-state index in [1.165, 1.54) is 6.07 Å². The molecule has 0 unspecified atom stereocenters. The van der Waals surface area contributed by atoms with Crippen molar-refractivity contribution in [3.63, 3.8) is 0 Å². The Hall–Kier alpha value is -2.77. The van der Waals surface area contributed by atoms with Gasteiger partial charge in [-0.3, -0.25) is 4.79 Å². The van der Waals surface area contributed by atoms with Gasteiger partial charge in [0, 0.05) is 37.4 Å². The van der Waals surface area contributed by atoms with Gasteiger partial charge in [0.1, 0.15) is 5.82 Å². The number of nitrogens with one attached hydrogen (secondary N) is 1. The Morgan fingerprint density at radius 2 is 1.97 bits per heavy atom. The van der Waals surface area contributed by atoms with Crippen LogP contribution in [0.5, 0.6) is 0 Å². The van der Waals surface area contributed by atoms with E-state index in [0.717, 1.165) is 29.7 Å². The Balaban J connectivity index is 1.65. The predicted octanol–water partition coefficient (Wildman–Crippen LogP) is 5.16. The Kier molecular flexibility index (Phi) is 6.84. The standard InChI is InChI=1S/C22H24F4N2O2/c23-19-13-18(7-5-16(19)6-8-21(29)30)27-14-15-3-4-17-2-1-10-28(20(17)12-15)11-9-22(24,25)26/h3-5,7,12-13,27H,1-2,6,8-11,14H2,(H,29,30). The molecular formula is C22H24F4N2O2. The van der Waals surface area contributed by atoms with Gasteiger partial charge in [0.25, 0.3) is 0 Å². The summed E-state index contributed by atoms with van der Waals surface area (Å²) in [5, 5.41) is 11.8. The number of nitrogens with zero attached hydrogens (tertiary/aromatic N) is 1. The number of fused-ring (bicyclic) bond motifs is 1. The van der Waals surface area contributed by atoms with Gasteiger partial charge in [-0.15, -0.1) is 0 Å². The van der Waals surface area contributed by atoms with Gasteiger partial charge in [-0.1, -0.05) is 18.2 Å². The van der Waals surface area contributed by atoms with Crippen molar-refractivity contribution in [2.75, 3.05) is 23.3 Å². The summed E-state index contributed by atoms with van der Waals surface area (Å²) >= 11 is 0. The maximum Gasteiger partial charge on any atom is 0.390 e. The van der Waals surface area contributed by atoms with Crippen LogP contribution in [0.1, 0.15) is 36.0 Å². The zero-order valence-electron chi connectivity index (χ0n) is 16.4. The molecule has 0 saturated heterocycles. The van der Waals surface area contributed by atoms with E-state index in [1.807, 2.05) is 18.2 Å². The molecule has 0 saturated carbocycles. The van der Waals surface area contributed by atoms with Crippen molar-refractivity contribution in [3.05, 3.63) is 58.9 Å². The van der Waals surface area contributed by atoms with Crippen LogP contribution in [0.4, 0.5) is 28.9 Å². The SMILES string of the molecule is O=C(O)CCc1ccc(NCc2ccc3c(c2)N(CCC(F)(F)F)CCC3)cc1F. The maximum absolute atomic E-state index is 14.2. The van der Waals surface area contributed by atoms with Crippen molar-refractivity contribution < 1.29 is 27.5 Å². The number of benzene rings is 2. The fourth-order valence-electron chi connectivity index (χ4n) is 3.61. The van der Waals surface area contributed by atoms with E-state index >= 15 is 0 Å². The number of rotatable bonds is 8. The minimum Gasteiger partial charge on any atom is -0.481 e. The second-order valence-corrected chi connectivity index (χ2v) is 7.47. The normalized spacial score (nSPS) is 13.8. The molecule has 1 aliphatic rings. The Labute approximate surface area is 172 Å². The average molecular weight is 424 g/mol. The lowest BCUT2D eigenvalue weighted by Crippen LogP contribution is -2.32. The van der Waals surface area contributed by atoms with Crippen LogP contribution in [0.2, 0.25) is 0 Å². The number of carboxylic acid groups (broad SMARTS) is 1. The van der Waals surface area contributed by atoms with E-state index in [0.29, 0.717) is 24.3 Å². The maximum atomic E-state index is 14.2. The fraction of sp³-hybridized carbons (Fsp3) is 0.409. The second-order valence-electron chi connectivity index (χ2n) is 7.47. The van der Waals surface area contributed by atoms with Crippen LogP contribution in [-0.2, 0) is 24.2 Å². The summed E-state index contributed by atoms with van der Waals surface area (Å²) < 4.78 is 52.0. The molecule has 1 aliphatic heterocycles. The summed E-state index contributed by atoms with van der Waals surface area (Å²) in [6.07, 6.45) is -3.37. The monoisotopic (exact) mass is 424 g/mol. The van der Waals surface area contributed by atoms with Crippen molar-refractivity contribution in [3.8, 4) is 0 Å². The number of carbonyl (C=O) groups is 1. The molecule has 4 nitrogen and oxygen atoms in total. The number of hydrogen-bond acceptors (Lipinski definition) is 3.